The lowest BCUT2D eigenvalue weighted by Gasteiger charge is -2.23. The monoisotopic (exact) mass is 358 g/mol. The Morgan fingerprint density at radius 2 is 2.16 bits per heavy atom. The van der Waals surface area contributed by atoms with E-state index < -0.39 is 29.8 Å². The molecule has 0 radical (unpaired) electrons. The molecule has 136 valence electrons. The van der Waals surface area contributed by atoms with E-state index in [-0.39, 0.29) is 30.4 Å². The van der Waals surface area contributed by atoms with Gasteiger partial charge >= 0.3 is 18.6 Å². The highest BCUT2D eigenvalue weighted by molar-refractivity contribution is 5.92. The number of ether oxygens (including phenoxy) is 1. The van der Waals surface area contributed by atoms with Gasteiger partial charge in [-0.15, -0.1) is 0 Å². The predicted molar refractivity (Wildman–Crippen MR) is 81.0 cm³/mol. The molecule has 1 heterocycles. The SMILES string of the molecule is O=C(Nc1cc(F)ccc1OC(F)F)N1C[C@@H]2CCC[C@@]2(C(=O)O)C1. The molecule has 3 rings (SSSR count). The molecule has 2 fully saturated rings. The molecule has 1 aliphatic heterocycles. The molecule has 9 heteroatoms. The molecule has 25 heavy (non-hydrogen) atoms. The number of hydrogen-bond donors (Lipinski definition) is 2. The Morgan fingerprint density at radius 1 is 1.40 bits per heavy atom. The normalized spacial score (nSPS) is 25.1. The van der Waals surface area contributed by atoms with Gasteiger partial charge in [0.2, 0.25) is 0 Å². The first-order chi connectivity index (χ1) is 11.8. The summed E-state index contributed by atoms with van der Waals surface area (Å²) in [5, 5.41) is 11.9. The molecule has 1 aromatic carbocycles. The second kappa shape index (κ2) is 6.45. The lowest BCUT2D eigenvalue weighted by molar-refractivity contribution is -0.149. The van der Waals surface area contributed by atoms with Crippen LogP contribution in [0.4, 0.5) is 23.7 Å². The van der Waals surface area contributed by atoms with Crippen LogP contribution in [0.3, 0.4) is 0 Å². The fourth-order valence-electron chi connectivity index (χ4n) is 3.79. The van der Waals surface area contributed by atoms with E-state index in [1.165, 1.54) is 4.90 Å². The van der Waals surface area contributed by atoms with E-state index in [4.69, 9.17) is 0 Å². The number of carbonyl (C=O) groups is 2. The summed E-state index contributed by atoms with van der Waals surface area (Å²) >= 11 is 0. The van der Waals surface area contributed by atoms with Gasteiger partial charge < -0.3 is 20.1 Å². The Hall–Kier alpha value is -2.45. The highest BCUT2D eigenvalue weighted by Crippen LogP contribution is 2.49. The number of carbonyl (C=O) groups excluding carboxylic acids is 1. The van der Waals surface area contributed by atoms with Gasteiger partial charge in [0.25, 0.3) is 0 Å². The number of carboxylic acid groups (broad SMARTS) is 1. The van der Waals surface area contributed by atoms with E-state index in [0.717, 1.165) is 31.0 Å². The molecular weight excluding hydrogens is 341 g/mol. The van der Waals surface area contributed by atoms with Crippen LogP contribution in [0.5, 0.6) is 5.75 Å². The van der Waals surface area contributed by atoms with Gasteiger partial charge in [0.1, 0.15) is 11.6 Å². The average Bonchev–Trinajstić information content (AvgIpc) is 3.07. The lowest BCUT2D eigenvalue weighted by atomic mass is 9.81. The Kier molecular flexibility index (Phi) is 4.49. The van der Waals surface area contributed by atoms with Crippen molar-refractivity contribution in [2.45, 2.75) is 25.9 Å². The van der Waals surface area contributed by atoms with Crippen LogP contribution in [0.2, 0.25) is 0 Å². The standard InChI is InChI=1S/C16H17F3N2O4/c17-10-3-4-12(25-14(18)19)11(6-10)20-15(24)21-7-9-2-1-5-16(9,8-21)13(22)23/h3-4,6,9,14H,1-2,5,7-8H2,(H,20,24)(H,22,23)/t9-,16+/m0/s1. The van der Waals surface area contributed by atoms with Crippen LogP contribution in [0.15, 0.2) is 18.2 Å². The van der Waals surface area contributed by atoms with Gasteiger partial charge in [0.15, 0.2) is 0 Å². The van der Waals surface area contributed by atoms with Gasteiger partial charge in [-0.1, -0.05) is 6.42 Å². The van der Waals surface area contributed by atoms with Crippen molar-refractivity contribution in [3.63, 3.8) is 0 Å². The summed E-state index contributed by atoms with van der Waals surface area (Å²) in [6.45, 7) is -2.82. The van der Waals surface area contributed by atoms with Crippen LogP contribution in [-0.4, -0.2) is 41.7 Å². The largest absolute Gasteiger partial charge is 0.481 e. The number of halogens is 3. The number of rotatable bonds is 4. The zero-order valence-electron chi connectivity index (χ0n) is 13.2. The minimum absolute atomic E-state index is 0.0409. The zero-order chi connectivity index (χ0) is 18.2. The van der Waals surface area contributed by atoms with Crippen LogP contribution in [0.25, 0.3) is 0 Å². The highest BCUT2D eigenvalue weighted by Gasteiger charge is 2.55. The third-order valence-corrected chi connectivity index (χ3v) is 4.98. The van der Waals surface area contributed by atoms with E-state index >= 15 is 0 Å². The van der Waals surface area contributed by atoms with E-state index in [1.807, 2.05) is 0 Å². The fourth-order valence-corrected chi connectivity index (χ4v) is 3.79. The number of nitrogens with one attached hydrogen (secondary N) is 1. The molecule has 0 spiro atoms. The number of benzene rings is 1. The van der Waals surface area contributed by atoms with E-state index in [2.05, 4.69) is 10.1 Å². The Labute approximate surface area is 141 Å². The minimum atomic E-state index is -3.12. The average molecular weight is 358 g/mol. The molecule has 1 aromatic rings. The molecule has 2 aliphatic rings. The van der Waals surface area contributed by atoms with Crippen molar-refractivity contribution < 1.29 is 32.6 Å². The Balaban J connectivity index is 1.75. The quantitative estimate of drug-likeness (QED) is 0.867. The number of anilines is 1. The molecule has 0 aromatic heterocycles. The van der Waals surface area contributed by atoms with Crippen molar-refractivity contribution in [3.05, 3.63) is 24.0 Å². The maximum absolute atomic E-state index is 13.4. The maximum atomic E-state index is 13.4. The van der Waals surface area contributed by atoms with Gasteiger partial charge in [0.05, 0.1) is 11.1 Å². The third kappa shape index (κ3) is 3.22. The Morgan fingerprint density at radius 3 is 2.80 bits per heavy atom. The van der Waals surface area contributed by atoms with Gasteiger partial charge in [-0.3, -0.25) is 4.79 Å². The summed E-state index contributed by atoms with van der Waals surface area (Å²) in [6, 6.07) is 2.14. The number of hydrogen-bond acceptors (Lipinski definition) is 3. The first-order valence-electron chi connectivity index (χ1n) is 7.85. The first kappa shape index (κ1) is 17.4. The number of carboxylic acids is 1. The molecule has 6 nitrogen and oxygen atoms in total. The van der Waals surface area contributed by atoms with E-state index in [9.17, 15) is 27.9 Å². The molecule has 0 bridgehead atoms. The molecule has 2 N–H and O–H groups in total. The number of urea groups is 1. The minimum Gasteiger partial charge on any atom is -0.481 e. The fraction of sp³-hybridized carbons (Fsp3) is 0.500. The van der Waals surface area contributed by atoms with Crippen molar-refractivity contribution in [2.75, 3.05) is 18.4 Å². The number of amides is 2. The summed E-state index contributed by atoms with van der Waals surface area (Å²) < 4.78 is 42.5. The van der Waals surface area contributed by atoms with Crippen LogP contribution in [0.1, 0.15) is 19.3 Å². The molecule has 2 amide bonds. The lowest BCUT2D eigenvalue weighted by Crippen LogP contribution is -2.38. The van der Waals surface area contributed by atoms with Crippen molar-refractivity contribution >= 4 is 17.7 Å². The van der Waals surface area contributed by atoms with Crippen LogP contribution >= 0.6 is 0 Å². The number of nitrogens with zero attached hydrogens (tertiary/aromatic N) is 1. The highest BCUT2D eigenvalue weighted by atomic mass is 19.3. The second-order valence-electron chi connectivity index (χ2n) is 6.38. The number of fused-ring (bicyclic) bond motifs is 1. The van der Waals surface area contributed by atoms with Gasteiger partial charge in [0, 0.05) is 19.2 Å². The third-order valence-electron chi connectivity index (χ3n) is 4.98. The summed E-state index contributed by atoms with van der Waals surface area (Å²) in [6.07, 6.45) is 2.01. The predicted octanol–water partition coefficient (Wildman–Crippen LogP) is 3.15. The van der Waals surface area contributed by atoms with Crippen molar-refractivity contribution in [1.29, 1.82) is 0 Å². The summed E-state index contributed by atoms with van der Waals surface area (Å²) in [5.74, 6) is -2.16. The molecule has 1 aliphatic carbocycles. The number of aliphatic carboxylic acids is 1. The number of likely N-dealkylation sites (tertiary alicyclic amines) is 1. The van der Waals surface area contributed by atoms with Crippen molar-refractivity contribution in [2.24, 2.45) is 11.3 Å². The van der Waals surface area contributed by atoms with Crippen LogP contribution in [0, 0.1) is 17.2 Å². The smallest absolute Gasteiger partial charge is 0.387 e. The second-order valence-corrected chi connectivity index (χ2v) is 6.38. The summed E-state index contributed by atoms with van der Waals surface area (Å²) in [4.78, 5) is 25.4. The van der Waals surface area contributed by atoms with Crippen molar-refractivity contribution in [1.82, 2.24) is 4.90 Å². The molecular formula is C16H17F3N2O4. The first-order valence-corrected chi connectivity index (χ1v) is 7.85. The van der Waals surface area contributed by atoms with E-state index in [1.54, 1.807) is 0 Å². The zero-order valence-corrected chi connectivity index (χ0v) is 13.2. The molecule has 1 saturated carbocycles. The van der Waals surface area contributed by atoms with Gasteiger partial charge in [-0.05, 0) is 30.9 Å². The number of alkyl halides is 2. The molecule has 0 unspecified atom stereocenters. The maximum Gasteiger partial charge on any atom is 0.387 e. The Bertz CT molecular complexity index is 700. The van der Waals surface area contributed by atoms with Gasteiger partial charge in [-0.2, -0.15) is 8.78 Å². The summed E-state index contributed by atoms with van der Waals surface area (Å²) in [5.41, 5.74) is -1.19. The molecule has 1 saturated heterocycles. The molecule has 2 atom stereocenters. The van der Waals surface area contributed by atoms with Crippen molar-refractivity contribution in [3.8, 4) is 5.75 Å². The van der Waals surface area contributed by atoms with Crippen LogP contribution < -0.4 is 10.1 Å². The van der Waals surface area contributed by atoms with E-state index in [0.29, 0.717) is 6.42 Å². The van der Waals surface area contributed by atoms with Gasteiger partial charge in [-0.25, -0.2) is 9.18 Å². The van der Waals surface area contributed by atoms with Crippen LogP contribution in [-0.2, 0) is 4.79 Å². The summed E-state index contributed by atoms with van der Waals surface area (Å²) in [7, 11) is 0. The topological polar surface area (TPSA) is 78.9 Å².